The molecule has 1 aromatic heterocycles. The van der Waals surface area contributed by atoms with Gasteiger partial charge >= 0.3 is 0 Å². The molecule has 1 atom stereocenters. The molecule has 1 aliphatic rings. The maximum Gasteiger partial charge on any atom is 0.258 e. The molecule has 0 fully saturated rings. The summed E-state index contributed by atoms with van der Waals surface area (Å²) in [6.45, 7) is 2.05. The molecule has 4 aromatic rings. The Morgan fingerprint density at radius 1 is 1.00 bits per heavy atom. The fourth-order valence-corrected chi connectivity index (χ4v) is 4.10. The van der Waals surface area contributed by atoms with Crippen molar-refractivity contribution < 1.29 is 4.84 Å². The summed E-state index contributed by atoms with van der Waals surface area (Å²) in [6.07, 6.45) is 0.316. The van der Waals surface area contributed by atoms with Crippen LogP contribution in [0.15, 0.2) is 82.7 Å². The molecule has 0 bridgehead atoms. The normalized spacial score (nSPS) is 15.8. The minimum Gasteiger partial charge on any atom is -0.387 e. The zero-order chi connectivity index (χ0) is 20.7. The lowest BCUT2D eigenvalue weighted by Gasteiger charge is -2.13. The SMILES string of the molecule is Cc1ccc([C@H]2CC(c3c(-c4ccccc4)c4cc(Cl)ccc4[nH]c3=O)=NO2)cc1. The van der Waals surface area contributed by atoms with Crippen LogP contribution < -0.4 is 5.56 Å². The van der Waals surface area contributed by atoms with Gasteiger partial charge < -0.3 is 9.82 Å². The van der Waals surface area contributed by atoms with E-state index in [0.29, 0.717) is 22.7 Å². The molecule has 30 heavy (non-hydrogen) atoms. The Morgan fingerprint density at radius 3 is 2.53 bits per heavy atom. The molecule has 2 heterocycles. The number of oxime groups is 1. The highest BCUT2D eigenvalue weighted by Crippen LogP contribution is 2.35. The summed E-state index contributed by atoms with van der Waals surface area (Å²) in [5, 5.41) is 5.82. The standard InChI is InChI=1S/C25H19ClN2O2/c1-15-7-9-16(10-8-15)22-14-21(28-30-22)24-23(17-5-3-2-4-6-17)19-13-18(26)11-12-20(19)27-25(24)29/h2-13,22H,14H2,1H3,(H,27,29)/t22-/m1/s1. The maximum absolute atomic E-state index is 13.2. The van der Waals surface area contributed by atoms with E-state index < -0.39 is 0 Å². The van der Waals surface area contributed by atoms with Gasteiger partial charge in [-0.05, 0) is 36.2 Å². The van der Waals surface area contributed by atoms with Gasteiger partial charge in [-0.3, -0.25) is 4.79 Å². The van der Waals surface area contributed by atoms with Crippen LogP contribution in [-0.2, 0) is 4.84 Å². The second-order valence-electron chi connectivity index (χ2n) is 7.51. The van der Waals surface area contributed by atoms with Gasteiger partial charge in [-0.1, -0.05) is 76.9 Å². The number of nitrogens with zero attached hydrogens (tertiary/aromatic N) is 1. The van der Waals surface area contributed by atoms with Gasteiger partial charge in [0.05, 0.1) is 11.3 Å². The van der Waals surface area contributed by atoms with Crippen molar-refractivity contribution in [2.24, 2.45) is 5.16 Å². The molecule has 0 saturated carbocycles. The van der Waals surface area contributed by atoms with Crippen molar-refractivity contribution in [2.75, 3.05) is 0 Å². The Hall–Kier alpha value is -3.37. The summed E-state index contributed by atoms with van der Waals surface area (Å²) in [4.78, 5) is 21.9. The van der Waals surface area contributed by atoms with Gasteiger partial charge in [0.25, 0.3) is 5.56 Å². The number of hydrogen-bond donors (Lipinski definition) is 1. The highest BCUT2D eigenvalue weighted by Gasteiger charge is 2.28. The smallest absolute Gasteiger partial charge is 0.258 e. The van der Waals surface area contributed by atoms with Crippen LogP contribution in [0.2, 0.25) is 5.02 Å². The predicted octanol–water partition coefficient (Wildman–Crippen LogP) is 6.02. The summed E-state index contributed by atoms with van der Waals surface area (Å²) in [6, 6.07) is 23.5. The number of halogens is 1. The molecule has 148 valence electrons. The van der Waals surface area contributed by atoms with Gasteiger partial charge in [0.15, 0.2) is 6.10 Å². The number of fused-ring (bicyclic) bond motifs is 1. The molecule has 3 aromatic carbocycles. The average molecular weight is 415 g/mol. The number of aromatic amines is 1. The van der Waals surface area contributed by atoms with E-state index in [2.05, 4.69) is 22.3 Å². The van der Waals surface area contributed by atoms with Gasteiger partial charge in [0.1, 0.15) is 0 Å². The Morgan fingerprint density at radius 2 is 1.77 bits per heavy atom. The first kappa shape index (κ1) is 18.6. The van der Waals surface area contributed by atoms with Gasteiger partial charge in [-0.2, -0.15) is 0 Å². The van der Waals surface area contributed by atoms with E-state index in [4.69, 9.17) is 16.4 Å². The summed E-state index contributed by atoms with van der Waals surface area (Å²) < 4.78 is 0. The molecule has 0 amide bonds. The van der Waals surface area contributed by atoms with Crippen LogP contribution in [0.25, 0.3) is 22.0 Å². The fraction of sp³-hybridized carbons (Fsp3) is 0.120. The Kier molecular flexibility index (Phi) is 4.64. The number of nitrogens with one attached hydrogen (secondary N) is 1. The first-order valence-electron chi connectivity index (χ1n) is 9.81. The van der Waals surface area contributed by atoms with E-state index in [0.717, 1.165) is 27.6 Å². The van der Waals surface area contributed by atoms with E-state index in [1.807, 2.05) is 61.5 Å². The molecule has 0 aliphatic carbocycles. The van der Waals surface area contributed by atoms with Crippen molar-refractivity contribution in [3.63, 3.8) is 0 Å². The molecule has 0 spiro atoms. The summed E-state index contributed by atoms with van der Waals surface area (Å²) in [5.41, 5.74) is 5.72. The van der Waals surface area contributed by atoms with Crippen LogP contribution in [-0.4, -0.2) is 10.7 Å². The molecule has 1 aliphatic heterocycles. The zero-order valence-corrected chi connectivity index (χ0v) is 17.1. The number of pyridine rings is 1. The van der Waals surface area contributed by atoms with Crippen molar-refractivity contribution >= 4 is 28.2 Å². The zero-order valence-electron chi connectivity index (χ0n) is 16.4. The minimum absolute atomic E-state index is 0.185. The molecule has 0 saturated heterocycles. The third kappa shape index (κ3) is 3.29. The maximum atomic E-state index is 13.2. The van der Waals surface area contributed by atoms with Crippen molar-refractivity contribution in [2.45, 2.75) is 19.4 Å². The molecule has 0 unspecified atom stereocenters. The number of rotatable bonds is 3. The summed E-state index contributed by atoms with van der Waals surface area (Å²) in [5.74, 6) is 0. The lowest BCUT2D eigenvalue weighted by molar-refractivity contribution is 0.0857. The second kappa shape index (κ2) is 7.47. The Labute approximate surface area is 178 Å². The first-order valence-corrected chi connectivity index (χ1v) is 10.2. The third-order valence-corrected chi connectivity index (χ3v) is 5.68. The summed E-state index contributed by atoms with van der Waals surface area (Å²) in [7, 11) is 0. The lowest BCUT2D eigenvalue weighted by atomic mass is 9.91. The largest absolute Gasteiger partial charge is 0.387 e. The van der Waals surface area contributed by atoms with Crippen LogP contribution in [0, 0.1) is 6.92 Å². The molecule has 5 heteroatoms. The highest BCUT2D eigenvalue weighted by atomic mass is 35.5. The molecule has 5 rings (SSSR count). The lowest BCUT2D eigenvalue weighted by Crippen LogP contribution is -2.20. The van der Waals surface area contributed by atoms with Gasteiger partial charge in [-0.15, -0.1) is 0 Å². The molecule has 0 radical (unpaired) electrons. The van der Waals surface area contributed by atoms with E-state index in [1.165, 1.54) is 5.56 Å². The van der Waals surface area contributed by atoms with Crippen molar-refractivity contribution in [3.05, 3.63) is 105 Å². The van der Waals surface area contributed by atoms with E-state index in [-0.39, 0.29) is 11.7 Å². The average Bonchev–Trinajstić information content (AvgIpc) is 3.24. The topological polar surface area (TPSA) is 54.5 Å². The number of benzene rings is 3. The molecular weight excluding hydrogens is 396 g/mol. The van der Waals surface area contributed by atoms with Crippen LogP contribution in [0.5, 0.6) is 0 Å². The van der Waals surface area contributed by atoms with Crippen LogP contribution in [0.3, 0.4) is 0 Å². The molecule has 1 N–H and O–H groups in total. The summed E-state index contributed by atoms with van der Waals surface area (Å²) >= 11 is 6.30. The van der Waals surface area contributed by atoms with Crippen molar-refractivity contribution in [3.8, 4) is 11.1 Å². The van der Waals surface area contributed by atoms with Gasteiger partial charge in [0, 0.05) is 27.9 Å². The van der Waals surface area contributed by atoms with Crippen molar-refractivity contribution in [1.82, 2.24) is 4.98 Å². The third-order valence-electron chi connectivity index (χ3n) is 5.45. The van der Waals surface area contributed by atoms with Gasteiger partial charge in [-0.25, -0.2) is 0 Å². The molecular formula is C25H19ClN2O2. The van der Waals surface area contributed by atoms with Crippen molar-refractivity contribution in [1.29, 1.82) is 0 Å². The number of aromatic nitrogens is 1. The highest BCUT2D eigenvalue weighted by molar-refractivity contribution is 6.31. The second-order valence-corrected chi connectivity index (χ2v) is 7.94. The van der Waals surface area contributed by atoms with Gasteiger partial charge in [0.2, 0.25) is 0 Å². The van der Waals surface area contributed by atoms with Crippen LogP contribution in [0.1, 0.15) is 29.2 Å². The first-order chi connectivity index (χ1) is 14.6. The number of aryl methyl sites for hydroxylation is 1. The number of H-pyrrole nitrogens is 1. The van der Waals surface area contributed by atoms with E-state index in [1.54, 1.807) is 6.07 Å². The number of hydrogen-bond acceptors (Lipinski definition) is 3. The predicted molar refractivity (Wildman–Crippen MR) is 121 cm³/mol. The van der Waals surface area contributed by atoms with E-state index in [9.17, 15) is 4.79 Å². The molecule has 4 nitrogen and oxygen atoms in total. The van der Waals surface area contributed by atoms with Crippen LogP contribution >= 0.6 is 11.6 Å². The van der Waals surface area contributed by atoms with E-state index >= 15 is 0 Å². The quantitative estimate of drug-likeness (QED) is 0.445. The van der Waals surface area contributed by atoms with Crippen LogP contribution in [0.4, 0.5) is 0 Å². The Bertz CT molecular complexity index is 1330. The minimum atomic E-state index is -0.210. The fourth-order valence-electron chi connectivity index (χ4n) is 3.93. The Balaban J connectivity index is 1.67. The monoisotopic (exact) mass is 414 g/mol.